The molecular formula is C30H26N2O7S. The van der Waals surface area contributed by atoms with E-state index in [0.717, 1.165) is 5.56 Å². The monoisotopic (exact) mass is 558 g/mol. The van der Waals surface area contributed by atoms with E-state index in [2.05, 4.69) is 4.98 Å². The van der Waals surface area contributed by atoms with Crippen LogP contribution in [0.2, 0.25) is 0 Å². The minimum Gasteiger partial charge on any atom is -0.506 e. The molecule has 1 aromatic heterocycles. The minimum absolute atomic E-state index is 0.117. The van der Waals surface area contributed by atoms with Gasteiger partial charge in [-0.05, 0) is 36.8 Å². The number of benzene rings is 3. The number of carbonyl (C=O) groups excluding carboxylic acids is 2. The van der Waals surface area contributed by atoms with Gasteiger partial charge in [0.25, 0.3) is 5.91 Å². The predicted octanol–water partition coefficient (Wildman–Crippen LogP) is 5.63. The number of nitrogens with zero attached hydrogens (tertiary/aromatic N) is 2. The van der Waals surface area contributed by atoms with Crippen molar-refractivity contribution in [2.75, 3.05) is 26.2 Å². The van der Waals surface area contributed by atoms with Gasteiger partial charge in [0.2, 0.25) is 11.5 Å². The van der Waals surface area contributed by atoms with E-state index in [1.54, 1.807) is 31.2 Å². The molecule has 9 nitrogen and oxygen atoms in total. The summed E-state index contributed by atoms with van der Waals surface area (Å²) in [5.74, 6) is -1.41. The van der Waals surface area contributed by atoms with Crippen molar-refractivity contribution in [1.29, 1.82) is 0 Å². The van der Waals surface area contributed by atoms with Crippen molar-refractivity contribution in [1.82, 2.24) is 4.98 Å². The first-order chi connectivity index (χ1) is 19.3. The van der Waals surface area contributed by atoms with Crippen LogP contribution in [0.1, 0.15) is 27.0 Å². The number of phenols is 1. The molecule has 10 heteroatoms. The molecule has 1 amide bonds. The van der Waals surface area contributed by atoms with Crippen molar-refractivity contribution < 1.29 is 34.0 Å². The zero-order chi connectivity index (χ0) is 28.6. The fourth-order valence-electron chi connectivity index (χ4n) is 4.76. The van der Waals surface area contributed by atoms with E-state index >= 15 is 0 Å². The molecule has 5 rings (SSSR count). The van der Waals surface area contributed by atoms with Crippen LogP contribution in [0.4, 0.5) is 5.69 Å². The SMILES string of the molecule is COc1cc(C2C(C(=O)c3sc(-c4ccccc4)nc3C)=C(O)C(=O)N2c2ccccc2O)cc(OC)c1OC. The number of methoxy groups -OCH3 is 3. The summed E-state index contributed by atoms with van der Waals surface area (Å²) in [5.41, 5.74) is 1.66. The van der Waals surface area contributed by atoms with Gasteiger partial charge >= 0.3 is 0 Å². The molecule has 4 aromatic rings. The van der Waals surface area contributed by atoms with Crippen LogP contribution in [0.15, 0.2) is 78.1 Å². The number of Topliss-reactive ketones (excluding diaryl/α,β-unsaturated/α-hetero) is 1. The quantitative estimate of drug-likeness (QED) is 0.267. The Kier molecular flexibility index (Phi) is 7.19. The standard InChI is InChI=1S/C30H26N2O7S/c1-16-28(40-29(31-16)17-10-6-5-7-11-17)25(34)23-24(18-14-21(37-2)27(39-4)22(15-18)38-3)32(30(36)26(23)35)19-12-8-9-13-20(19)33/h5-15,24,33,35H,1-4H3. The van der Waals surface area contributed by atoms with Crippen LogP contribution in [0.3, 0.4) is 0 Å². The molecule has 204 valence electrons. The Morgan fingerprint density at radius 3 is 2.15 bits per heavy atom. The minimum atomic E-state index is -1.14. The number of ketones is 1. The first kappa shape index (κ1) is 26.8. The molecule has 2 N–H and O–H groups in total. The molecule has 1 aliphatic rings. The van der Waals surface area contributed by atoms with Gasteiger partial charge in [0, 0.05) is 5.56 Å². The fourth-order valence-corrected chi connectivity index (χ4v) is 5.79. The normalized spacial score (nSPS) is 14.9. The van der Waals surface area contributed by atoms with Crippen molar-refractivity contribution in [2.45, 2.75) is 13.0 Å². The largest absolute Gasteiger partial charge is 0.506 e. The van der Waals surface area contributed by atoms with Crippen LogP contribution in [0.5, 0.6) is 23.0 Å². The third kappa shape index (κ3) is 4.42. The Morgan fingerprint density at radius 2 is 1.55 bits per heavy atom. The Morgan fingerprint density at radius 1 is 0.925 bits per heavy atom. The van der Waals surface area contributed by atoms with Crippen LogP contribution >= 0.6 is 11.3 Å². The van der Waals surface area contributed by atoms with Crippen molar-refractivity contribution in [3.63, 3.8) is 0 Å². The van der Waals surface area contributed by atoms with Gasteiger partial charge in [-0.3, -0.25) is 14.5 Å². The number of phenolic OH excluding ortho intramolecular Hbond substituents is 1. The third-order valence-electron chi connectivity index (χ3n) is 6.62. The van der Waals surface area contributed by atoms with Gasteiger partial charge in [-0.1, -0.05) is 42.5 Å². The summed E-state index contributed by atoms with van der Waals surface area (Å²) < 4.78 is 16.5. The molecule has 1 aliphatic heterocycles. The Balaban J connectivity index is 1.71. The number of hydrogen-bond donors (Lipinski definition) is 2. The van der Waals surface area contributed by atoms with Crippen LogP contribution in [0, 0.1) is 6.92 Å². The number of anilines is 1. The van der Waals surface area contributed by atoms with E-state index in [-0.39, 0.29) is 21.9 Å². The van der Waals surface area contributed by atoms with Crippen molar-refractivity contribution in [3.8, 4) is 33.6 Å². The first-order valence-corrected chi connectivity index (χ1v) is 13.0. The van der Waals surface area contributed by atoms with Crippen LogP contribution in [0.25, 0.3) is 10.6 Å². The average Bonchev–Trinajstić information content (AvgIpc) is 3.49. The van der Waals surface area contributed by atoms with E-state index in [9.17, 15) is 19.8 Å². The number of aliphatic hydroxyl groups excluding tert-OH is 1. The summed E-state index contributed by atoms with van der Waals surface area (Å²) >= 11 is 1.18. The highest BCUT2D eigenvalue weighted by Crippen LogP contribution is 2.49. The van der Waals surface area contributed by atoms with Crippen molar-refractivity contribution in [3.05, 3.63) is 94.2 Å². The highest BCUT2D eigenvalue weighted by Gasteiger charge is 2.46. The fraction of sp³-hybridized carbons (Fsp3) is 0.167. The highest BCUT2D eigenvalue weighted by atomic mass is 32.1. The molecule has 0 aliphatic carbocycles. The zero-order valence-corrected chi connectivity index (χ0v) is 23.0. The van der Waals surface area contributed by atoms with Crippen LogP contribution in [-0.4, -0.2) is 48.2 Å². The number of amides is 1. The number of hydrogen-bond acceptors (Lipinski definition) is 9. The van der Waals surface area contributed by atoms with Crippen molar-refractivity contribution >= 4 is 28.7 Å². The van der Waals surface area contributed by atoms with Crippen LogP contribution < -0.4 is 19.1 Å². The smallest absolute Gasteiger partial charge is 0.294 e. The maximum atomic E-state index is 14.2. The maximum absolute atomic E-state index is 14.2. The second-order valence-corrected chi connectivity index (χ2v) is 9.92. The van der Waals surface area contributed by atoms with Gasteiger partial charge in [-0.2, -0.15) is 0 Å². The highest BCUT2D eigenvalue weighted by molar-refractivity contribution is 7.17. The third-order valence-corrected chi connectivity index (χ3v) is 7.83. The number of rotatable bonds is 8. The molecular weight excluding hydrogens is 532 g/mol. The summed E-state index contributed by atoms with van der Waals surface area (Å²) in [6, 6.07) is 17.7. The van der Waals surface area contributed by atoms with Gasteiger partial charge in [0.05, 0.1) is 49.2 Å². The number of aromatic hydroxyl groups is 1. The summed E-state index contributed by atoms with van der Waals surface area (Å²) in [6.45, 7) is 1.71. The van der Waals surface area contributed by atoms with Gasteiger partial charge in [0.15, 0.2) is 17.3 Å². The Labute approximate surface area is 234 Å². The molecule has 1 unspecified atom stereocenters. The van der Waals surface area contributed by atoms with Gasteiger partial charge < -0.3 is 24.4 Å². The zero-order valence-electron chi connectivity index (χ0n) is 22.2. The Hall–Kier alpha value is -4.83. The van der Waals surface area contributed by atoms with E-state index in [4.69, 9.17) is 14.2 Å². The predicted molar refractivity (Wildman–Crippen MR) is 151 cm³/mol. The summed E-state index contributed by atoms with van der Waals surface area (Å²) in [6.07, 6.45) is 0. The average molecular weight is 559 g/mol. The molecule has 0 spiro atoms. The lowest BCUT2D eigenvalue weighted by Crippen LogP contribution is -2.31. The molecule has 0 fully saturated rings. The number of para-hydroxylation sites is 2. The molecule has 0 radical (unpaired) electrons. The molecule has 2 heterocycles. The number of carbonyl (C=O) groups is 2. The van der Waals surface area contributed by atoms with Gasteiger partial charge in [-0.25, -0.2) is 4.98 Å². The van der Waals surface area contributed by atoms with Gasteiger partial charge in [0.1, 0.15) is 10.8 Å². The lowest BCUT2D eigenvalue weighted by Gasteiger charge is -2.28. The second kappa shape index (κ2) is 10.7. The van der Waals surface area contributed by atoms with E-state index in [0.29, 0.717) is 33.5 Å². The summed E-state index contributed by atoms with van der Waals surface area (Å²) in [7, 11) is 4.37. The van der Waals surface area contributed by atoms with Gasteiger partial charge in [-0.15, -0.1) is 11.3 Å². The topological polar surface area (TPSA) is 118 Å². The van der Waals surface area contributed by atoms with E-state index < -0.39 is 23.5 Å². The number of aryl methyl sites for hydroxylation is 1. The lowest BCUT2D eigenvalue weighted by atomic mass is 9.94. The lowest BCUT2D eigenvalue weighted by molar-refractivity contribution is -0.117. The molecule has 0 saturated heterocycles. The molecule has 40 heavy (non-hydrogen) atoms. The van der Waals surface area contributed by atoms with Crippen molar-refractivity contribution in [2.24, 2.45) is 0 Å². The molecule has 3 aromatic carbocycles. The second-order valence-electron chi connectivity index (χ2n) is 8.92. The number of thiazole rings is 1. The molecule has 1 atom stereocenters. The first-order valence-electron chi connectivity index (χ1n) is 12.2. The number of aliphatic hydroxyl groups is 1. The van der Waals surface area contributed by atoms with E-state index in [1.807, 2.05) is 30.3 Å². The number of aromatic nitrogens is 1. The Bertz CT molecular complexity index is 1620. The number of ether oxygens (including phenoxy) is 3. The van der Waals surface area contributed by atoms with Crippen LogP contribution in [-0.2, 0) is 4.79 Å². The molecule has 0 saturated carbocycles. The van der Waals surface area contributed by atoms with E-state index in [1.165, 1.54) is 49.7 Å². The maximum Gasteiger partial charge on any atom is 0.294 e. The summed E-state index contributed by atoms with van der Waals surface area (Å²) in [4.78, 5) is 33.8. The molecule has 0 bridgehead atoms. The summed E-state index contributed by atoms with van der Waals surface area (Å²) in [5, 5.41) is 22.5.